The Hall–Kier alpha value is -0.200. The van der Waals surface area contributed by atoms with Gasteiger partial charge >= 0.3 is 0 Å². The third-order valence-corrected chi connectivity index (χ3v) is 2.12. The Morgan fingerprint density at radius 3 is 1.33 bits per heavy atom. The van der Waals surface area contributed by atoms with E-state index >= 15 is 0 Å². The van der Waals surface area contributed by atoms with Crippen LogP contribution in [0.2, 0.25) is 0 Å². The van der Waals surface area contributed by atoms with Crippen LogP contribution in [0.4, 0.5) is 0 Å². The van der Waals surface area contributed by atoms with Gasteiger partial charge in [0, 0.05) is 5.41 Å². The van der Waals surface area contributed by atoms with E-state index in [1.807, 2.05) is 6.92 Å². The minimum absolute atomic E-state index is 0.181. The fourth-order valence-corrected chi connectivity index (χ4v) is 0.491. The molecule has 2 unspecified atom stereocenters. The Morgan fingerprint density at radius 1 is 1.00 bits per heavy atom. The average molecular weight is 224 g/mol. The lowest BCUT2D eigenvalue weighted by molar-refractivity contribution is 0.0200. The van der Waals surface area contributed by atoms with Crippen LogP contribution in [-0.4, -0.2) is 57.6 Å². The molecular formula is C10H24O5. The fraction of sp³-hybridized carbons (Fsp3) is 1.00. The fourth-order valence-electron chi connectivity index (χ4n) is 0.491. The van der Waals surface area contributed by atoms with Crippen molar-refractivity contribution in [3.05, 3.63) is 0 Å². The summed E-state index contributed by atoms with van der Waals surface area (Å²) >= 11 is 0. The maximum absolute atomic E-state index is 8.69. The monoisotopic (exact) mass is 224 g/mol. The summed E-state index contributed by atoms with van der Waals surface area (Å²) in [6.45, 7) is 4.47. The molecule has 0 saturated heterocycles. The maximum Gasteiger partial charge on any atom is 0.0793 e. The molecule has 0 radical (unpaired) electrons. The van der Waals surface area contributed by atoms with E-state index in [1.165, 1.54) is 0 Å². The molecule has 0 aliphatic carbocycles. The van der Waals surface area contributed by atoms with Crippen molar-refractivity contribution in [2.24, 2.45) is 5.41 Å². The minimum atomic E-state index is -0.708. The summed E-state index contributed by atoms with van der Waals surface area (Å²) in [5.41, 5.74) is -0.708. The number of rotatable bonds is 5. The summed E-state index contributed by atoms with van der Waals surface area (Å²) in [7, 11) is 0. The van der Waals surface area contributed by atoms with Gasteiger partial charge in [0.15, 0.2) is 0 Å². The number of hydrogen-bond acceptors (Lipinski definition) is 5. The second-order valence-corrected chi connectivity index (χ2v) is 4.00. The van der Waals surface area contributed by atoms with E-state index in [0.717, 1.165) is 0 Å². The van der Waals surface area contributed by atoms with Crippen LogP contribution in [0.15, 0.2) is 0 Å². The lowest BCUT2D eigenvalue weighted by atomic mass is 9.95. The molecule has 0 aromatic heterocycles. The predicted molar refractivity (Wildman–Crippen MR) is 57.3 cm³/mol. The third-order valence-electron chi connectivity index (χ3n) is 2.12. The van der Waals surface area contributed by atoms with Crippen LogP contribution in [0.3, 0.4) is 0 Å². The Kier molecular flexibility index (Phi) is 10.4. The van der Waals surface area contributed by atoms with Gasteiger partial charge in [0.05, 0.1) is 32.0 Å². The van der Waals surface area contributed by atoms with E-state index < -0.39 is 17.6 Å². The predicted octanol–water partition coefficient (Wildman–Crippen LogP) is -0.892. The van der Waals surface area contributed by atoms with E-state index in [1.54, 1.807) is 13.8 Å². The highest BCUT2D eigenvalue weighted by Gasteiger charge is 2.20. The summed E-state index contributed by atoms with van der Waals surface area (Å²) < 4.78 is 0. The Bertz CT molecular complexity index is 126. The summed E-state index contributed by atoms with van der Waals surface area (Å²) in [6.07, 6.45) is -0.498. The van der Waals surface area contributed by atoms with Crippen LogP contribution in [0.1, 0.15) is 27.2 Å². The standard InChI is InChI=1S/C5H12O3.C5H12O2/c1-5(2-6,3-7)4-8;1-3-5(7)4(2)6/h6-8H,2-4H2,1H3;4-7H,3H2,1-2H3. The van der Waals surface area contributed by atoms with Crippen molar-refractivity contribution in [3.8, 4) is 0 Å². The van der Waals surface area contributed by atoms with Gasteiger partial charge in [-0.15, -0.1) is 0 Å². The highest BCUT2D eigenvalue weighted by molar-refractivity contribution is 4.69. The van der Waals surface area contributed by atoms with Crippen LogP contribution < -0.4 is 0 Å². The van der Waals surface area contributed by atoms with Gasteiger partial charge in [-0.1, -0.05) is 13.8 Å². The van der Waals surface area contributed by atoms with Gasteiger partial charge in [-0.25, -0.2) is 0 Å². The van der Waals surface area contributed by atoms with E-state index in [4.69, 9.17) is 25.5 Å². The van der Waals surface area contributed by atoms with Crippen LogP contribution in [0.25, 0.3) is 0 Å². The van der Waals surface area contributed by atoms with Crippen molar-refractivity contribution in [1.82, 2.24) is 0 Å². The molecule has 15 heavy (non-hydrogen) atoms. The van der Waals surface area contributed by atoms with Crippen molar-refractivity contribution in [2.45, 2.75) is 39.4 Å². The van der Waals surface area contributed by atoms with Crippen LogP contribution in [0.5, 0.6) is 0 Å². The molecule has 0 saturated carbocycles. The summed E-state index contributed by atoms with van der Waals surface area (Å²) in [5, 5.41) is 42.7. The molecule has 5 N–H and O–H groups in total. The molecule has 5 nitrogen and oxygen atoms in total. The van der Waals surface area contributed by atoms with Gasteiger partial charge in [-0.2, -0.15) is 0 Å². The molecule has 94 valence electrons. The lowest BCUT2D eigenvalue weighted by Gasteiger charge is -2.20. The van der Waals surface area contributed by atoms with Gasteiger partial charge < -0.3 is 25.5 Å². The number of aliphatic hydroxyl groups is 5. The molecule has 0 aliphatic heterocycles. The first-order chi connectivity index (χ1) is 6.86. The average Bonchev–Trinajstić information content (AvgIpc) is 2.27. The zero-order valence-corrected chi connectivity index (χ0v) is 9.72. The SMILES string of the molecule is CC(CO)(CO)CO.CCC(O)C(C)O. The highest BCUT2D eigenvalue weighted by Crippen LogP contribution is 2.10. The topological polar surface area (TPSA) is 101 Å². The molecule has 0 bridgehead atoms. The van der Waals surface area contributed by atoms with Gasteiger partial charge in [-0.05, 0) is 13.3 Å². The quantitative estimate of drug-likeness (QED) is 0.417. The van der Waals surface area contributed by atoms with Crippen molar-refractivity contribution in [3.63, 3.8) is 0 Å². The first kappa shape index (κ1) is 17.2. The van der Waals surface area contributed by atoms with Gasteiger partial charge in [-0.3, -0.25) is 0 Å². The Labute approximate surface area is 91.0 Å². The smallest absolute Gasteiger partial charge is 0.0793 e. The second-order valence-electron chi connectivity index (χ2n) is 4.00. The summed E-state index contributed by atoms with van der Waals surface area (Å²) in [4.78, 5) is 0. The Balaban J connectivity index is 0. The van der Waals surface area contributed by atoms with Gasteiger partial charge in [0.2, 0.25) is 0 Å². The Morgan fingerprint density at radius 2 is 1.33 bits per heavy atom. The molecule has 0 rings (SSSR count). The second kappa shape index (κ2) is 9.06. The molecule has 0 aliphatic rings. The molecule has 2 atom stereocenters. The van der Waals surface area contributed by atoms with E-state index in [9.17, 15) is 0 Å². The summed E-state index contributed by atoms with van der Waals surface area (Å²) in [6, 6.07) is 0. The molecule has 5 heteroatoms. The van der Waals surface area contributed by atoms with E-state index in [2.05, 4.69) is 0 Å². The van der Waals surface area contributed by atoms with Crippen molar-refractivity contribution in [2.75, 3.05) is 19.8 Å². The molecule has 0 spiro atoms. The number of hydrogen-bond donors (Lipinski definition) is 5. The van der Waals surface area contributed by atoms with Gasteiger partial charge in [0.25, 0.3) is 0 Å². The van der Waals surface area contributed by atoms with Crippen molar-refractivity contribution < 1.29 is 25.5 Å². The van der Waals surface area contributed by atoms with Crippen LogP contribution in [-0.2, 0) is 0 Å². The zero-order valence-electron chi connectivity index (χ0n) is 9.72. The lowest BCUT2D eigenvalue weighted by Crippen LogP contribution is -2.29. The van der Waals surface area contributed by atoms with Crippen molar-refractivity contribution >= 4 is 0 Å². The first-order valence-corrected chi connectivity index (χ1v) is 5.05. The molecule has 0 aromatic rings. The largest absolute Gasteiger partial charge is 0.396 e. The maximum atomic E-state index is 8.69. The first-order valence-electron chi connectivity index (χ1n) is 5.05. The van der Waals surface area contributed by atoms with Crippen LogP contribution in [0, 0.1) is 5.41 Å². The molecular weight excluding hydrogens is 200 g/mol. The highest BCUT2D eigenvalue weighted by atomic mass is 16.3. The zero-order chi connectivity index (χ0) is 12.5. The van der Waals surface area contributed by atoms with Crippen LogP contribution >= 0.6 is 0 Å². The van der Waals surface area contributed by atoms with E-state index in [-0.39, 0.29) is 19.8 Å². The number of aliphatic hydroxyl groups excluding tert-OH is 5. The minimum Gasteiger partial charge on any atom is -0.396 e. The molecule has 0 fully saturated rings. The summed E-state index contributed by atoms with van der Waals surface area (Å²) in [5.74, 6) is 0. The molecule has 0 heterocycles. The molecule has 0 aromatic carbocycles. The van der Waals surface area contributed by atoms with E-state index in [0.29, 0.717) is 6.42 Å². The van der Waals surface area contributed by atoms with Crippen molar-refractivity contribution in [1.29, 1.82) is 0 Å². The normalized spacial score (nSPS) is 15.2. The van der Waals surface area contributed by atoms with Gasteiger partial charge in [0.1, 0.15) is 0 Å². The third kappa shape index (κ3) is 8.77. The molecule has 0 amide bonds.